The predicted molar refractivity (Wildman–Crippen MR) is 112 cm³/mol. The number of aromatic nitrogens is 4. The fourth-order valence-corrected chi connectivity index (χ4v) is 3.54. The van der Waals surface area contributed by atoms with Gasteiger partial charge in [0.25, 0.3) is 5.56 Å². The summed E-state index contributed by atoms with van der Waals surface area (Å²) < 4.78 is 22.8. The van der Waals surface area contributed by atoms with E-state index in [4.69, 9.17) is 16.3 Å². The normalized spacial score (nSPS) is 13.7. The molecule has 0 spiro atoms. The Hall–Kier alpha value is -3.19. The topological polar surface area (TPSA) is 61.9 Å². The Labute approximate surface area is 176 Å². The SMILES string of the molecule is O=c1c2cnn(Cc3ccccc3F)c2ccn1-c1cc(OCC2CC2)ncc1Cl. The lowest BCUT2D eigenvalue weighted by Gasteiger charge is -2.11. The third kappa shape index (κ3) is 3.57. The maximum absolute atomic E-state index is 14.0. The molecule has 0 radical (unpaired) electrons. The number of hydrogen-bond acceptors (Lipinski definition) is 4. The number of fused-ring (bicyclic) bond motifs is 1. The second-order valence-corrected chi connectivity index (χ2v) is 7.82. The van der Waals surface area contributed by atoms with Gasteiger partial charge in [-0.1, -0.05) is 29.8 Å². The van der Waals surface area contributed by atoms with Crippen LogP contribution in [0.1, 0.15) is 18.4 Å². The minimum atomic E-state index is -0.309. The molecule has 1 aliphatic rings. The minimum Gasteiger partial charge on any atom is -0.477 e. The first kappa shape index (κ1) is 18.8. The van der Waals surface area contributed by atoms with Crippen molar-refractivity contribution < 1.29 is 9.13 Å². The molecule has 0 N–H and O–H groups in total. The van der Waals surface area contributed by atoms with Crippen molar-refractivity contribution in [3.05, 3.63) is 81.7 Å². The second-order valence-electron chi connectivity index (χ2n) is 7.41. The average Bonchev–Trinajstić information content (AvgIpc) is 3.49. The largest absolute Gasteiger partial charge is 0.477 e. The van der Waals surface area contributed by atoms with Crippen molar-refractivity contribution in [3.8, 4) is 11.6 Å². The Morgan fingerprint density at radius 1 is 1.20 bits per heavy atom. The van der Waals surface area contributed by atoms with Crippen LogP contribution in [0.25, 0.3) is 16.6 Å². The van der Waals surface area contributed by atoms with E-state index in [-0.39, 0.29) is 17.9 Å². The summed E-state index contributed by atoms with van der Waals surface area (Å²) in [7, 11) is 0. The fourth-order valence-electron chi connectivity index (χ4n) is 3.34. The Balaban J connectivity index is 1.51. The van der Waals surface area contributed by atoms with Gasteiger partial charge < -0.3 is 4.74 Å². The molecule has 4 aromatic rings. The molecule has 6 nitrogen and oxygen atoms in total. The molecular weight excluding hydrogens is 407 g/mol. The van der Waals surface area contributed by atoms with Crippen molar-refractivity contribution >= 4 is 22.5 Å². The summed E-state index contributed by atoms with van der Waals surface area (Å²) in [5.74, 6) is 0.714. The van der Waals surface area contributed by atoms with E-state index in [2.05, 4.69) is 10.1 Å². The van der Waals surface area contributed by atoms with Gasteiger partial charge in [-0.25, -0.2) is 9.37 Å². The zero-order valence-corrected chi connectivity index (χ0v) is 16.7. The van der Waals surface area contributed by atoms with Crippen molar-refractivity contribution in [3.63, 3.8) is 0 Å². The van der Waals surface area contributed by atoms with Crippen LogP contribution in [-0.2, 0) is 6.54 Å². The maximum atomic E-state index is 14.0. The zero-order valence-electron chi connectivity index (χ0n) is 16.0. The molecule has 8 heteroatoms. The van der Waals surface area contributed by atoms with E-state index in [0.717, 1.165) is 0 Å². The molecule has 5 rings (SSSR count). The fraction of sp³-hybridized carbons (Fsp3) is 0.227. The molecule has 0 unspecified atom stereocenters. The van der Waals surface area contributed by atoms with Crippen LogP contribution in [0.15, 0.2) is 59.8 Å². The molecule has 1 fully saturated rings. The molecule has 0 saturated heterocycles. The van der Waals surface area contributed by atoms with E-state index in [1.807, 2.05) is 0 Å². The van der Waals surface area contributed by atoms with Crippen molar-refractivity contribution in [1.82, 2.24) is 19.3 Å². The molecule has 0 amide bonds. The standard InChI is InChI=1S/C22H18ClFN4O2/c23-17-11-25-21(30-13-14-5-6-14)9-20(17)27-8-7-19-16(22(27)29)10-26-28(19)12-15-3-1-2-4-18(15)24/h1-4,7-11,14H,5-6,12-13H2. The van der Waals surface area contributed by atoms with Crippen LogP contribution in [0.4, 0.5) is 4.39 Å². The maximum Gasteiger partial charge on any atom is 0.266 e. The first-order valence-electron chi connectivity index (χ1n) is 9.69. The average molecular weight is 425 g/mol. The van der Waals surface area contributed by atoms with Crippen LogP contribution < -0.4 is 10.3 Å². The third-order valence-electron chi connectivity index (χ3n) is 5.22. The van der Waals surface area contributed by atoms with Gasteiger partial charge in [-0.3, -0.25) is 14.0 Å². The summed E-state index contributed by atoms with van der Waals surface area (Å²) in [6, 6.07) is 9.95. The predicted octanol–water partition coefficient (Wildman–Crippen LogP) is 4.21. The monoisotopic (exact) mass is 424 g/mol. The van der Waals surface area contributed by atoms with Crippen LogP contribution in [0, 0.1) is 11.7 Å². The van der Waals surface area contributed by atoms with Gasteiger partial charge in [-0.05, 0) is 30.9 Å². The van der Waals surface area contributed by atoms with Gasteiger partial charge in [-0.2, -0.15) is 5.10 Å². The molecule has 1 aliphatic carbocycles. The van der Waals surface area contributed by atoms with Crippen LogP contribution >= 0.6 is 11.6 Å². The molecule has 3 heterocycles. The lowest BCUT2D eigenvalue weighted by molar-refractivity contribution is 0.288. The lowest BCUT2D eigenvalue weighted by atomic mass is 10.2. The molecule has 0 bridgehead atoms. The highest BCUT2D eigenvalue weighted by Crippen LogP contribution is 2.30. The third-order valence-corrected chi connectivity index (χ3v) is 5.51. The summed E-state index contributed by atoms with van der Waals surface area (Å²) in [5, 5.41) is 5.05. The molecule has 1 aromatic carbocycles. The first-order valence-corrected chi connectivity index (χ1v) is 10.1. The van der Waals surface area contributed by atoms with Crippen LogP contribution in [0.2, 0.25) is 5.02 Å². The number of rotatable bonds is 6. The summed E-state index contributed by atoms with van der Waals surface area (Å²) in [4.78, 5) is 17.3. The highest BCUT2D eigenvalue weighted by atomic mass is 35.5. The van der Waals surface area contributed by atoms with Gasteiger partial charge in [0, 0.05) is 17.8 Å². The Bertz CT molecular complexity index is 1300. The zero-order chi connectivity index (χ0) is 20.7. The molecular formula is C22H18ClFN4O2. The number of hydrogen-bond donors (Lipinski definition) is 0. The smallest absolute Gasteiger partial charge is 0.266 e. The molecule has 1 saturated carbocycles. The summed E-state index contributed by atoms with van der Waals surface area (Å²) in [6.45, 7) is 0.847. The van der Waals surface area contributed by atoms with Gasteiger partial charge in [0.15, 0.2) is 0 Å². The number of nitrogens with zero attached hydrogens (tertiary/aromatic N) is 4. The van der Waals surface area contributed by atoms with Crippen molar-refractivity contribution in [2.24, 2.45) is 5.92 Å². The highest BCUT2D eigenvalue weighted by Gasteiger charge is 2.22. The Kier molecular flexibility index (Phi) is 4.75. The number of pyridine rings is 2. The highest BCUT2D eigenvalue weighted by molar-refractivity contribution is 6.32. The molecule has 0 aliphatic heterocycles. The summed E-state index contributed by atoms with van der Waals surface area (Å²) >= 11 is 6.32. The van der Waals surface area contributed by atoms with Crippen LogP contribution in [0.5, 0.6) is 5.88 Å². The molecule has 0 atom stereocenters. The summed E-state index contributed by atoms with van der Waals surface area (Å²) in [6.07, 6.45) is 6.96. The lowest BCUT2D eigenvalue weighted by Crippen LogP contribution is -2.18. The molecule has 30 heavy (non-hydrogen) atoms. The second kappa shape index (κ2) is 7.57. The minimum absolute atomic E-state index is 0.231. The van der Waals surface area contributed by atoms with Crippen LogP contribution in [-0.4, -0.2) is 25.9 Å². The Morgan fingerprint density at radius 2 is 2.03 bits per heavy atom. The molecule has 3 aromatic heterocycles. The molecule has 152 valence electrons. The van der Waals surface area contributed by atoms with Gasteiger partial charge in [0.1, 0.15) is 5.82 Å². The van der Waals surface area contributed by atoms with E-state index in [1.54, 1.807) is 41.2 Å². The van der Waals surface area contributed by atoms with Gasteiger partial charge in [0.05, 0.1) is 47.2 Å². The van der Waals surface area contributed by atoms with Gasteiger partial charge >= 0.3 is 0 Å². The number of halogens is 2. The van der Waals surface area contributed by atoms with Crippen LogP contribution in [0.3, 0.4) is 0 Å². The van der Waals surface area contributed by atoms with E-state index < -0.39 is 0 Å². The van der Waals surface area contributed by atoms with Crippen molar-refractivity contribution in [1.29, 1.82) is 0 Å². The Morgan fingerprint density at radius 3 is 2.83 bits per heavy atom. The van der Waals surface area contributed by atoms with Gasteiger partial charge in [0.2, 0.25) is 5.88 Å². The van der Waals surface area contributed by atoms with E-state index in [0.29, 0.717) is 45.6 Å². The number of benzene rings is 1. The first-order chi connectivity index (χ1) is 14.6. The van der Waals surface area contributed by atoms with E-state index in [1.165, 1.54) is 35.9 Å². The van der Waals surface area contributed by atoms with E-state index >= 15 is 0 Å². The summed E-state index contributed by atoms with van der Waals surface area (Å²) in [5.41, 5.74) is 1.34. The number of ether oxygens (including phenoxy) is 1. The quantitative estimate of drug-likeness (QED) is 0.465. The van der Waals surface area contributed by atoms with E-state index in [9.17, 15) is 9.18 Å². The van der Waals surface area contributed by atoms with Crippen molar-refractivity contribution in [2.75, 3.05) is 6.61 Å². The van der Waals surface area contributed by atoms with Crippen molar-refractivity contribution in [2.45, 2.75) is 19.4 Å². The van der Waals surface area contributed by atoms with Gasteiger partial charge in [-0.15, -0.1) is 0 Å².